The molecule has 2 saturated carbocycles. The van der Waals surface area contributed by atoms with Crippen LogP contribution in [0.3, 0.4) is 0 Å². The van der Waals surface area contributed by atoms with E-state index >= 15 is 0 Å². The van der Waals surface area contributed by atoms with Gasteiger partial charge in [0.05, 0.1) is 6.04 Å². The number of aliphatic hydroxyl groups excluding tert-OH is 1. The zero-order chi connectivity index (χ0) is 22.8. The molecule has 2 aliphatic heterocycles. The number of amides is 2. The number of fused-ring (bicyclic) bond motifs is 1. The van der Waals surface area contributed by atoms with Crippen molar-refractivity contribution in [2.75, 3.05) is 26.2 Å². The molecule has 8 atom stereocenters. The van der Waals surface area contributed by atoms with Gasteiger partial charge >= 0.3 is 0 Å². The highest BCUT2D eigenvalue weighted by atomic mass is 19.1. The molecule has 8 heteroatoms. The van der Waals surface area contributed by atoms with Crippen LogP contribution in [0.5, 0.6) is 0 Å². The number of aliphatic hydroxyl groups is 1. The lowest BCUT2D eigenvalue weighted by Crippen LogP contribution is -2.51. The SMILES string of the molecule is CCN(C(=O)CO)[C@H]1CCN([C@@H]2CCC[C@@H](NC(=O)C3CC4C(F)CCC(C)C4N3)C2)C1. The molecule has 32 heavy (non-hydrogen) atoms. The van der Waals surface area contributed by atoms with E-state index in [1.54, 1.807) is 4.90 Å². The van der Waals surface area contributed by atoms with Crippen LogP contribution in [0.25, 0.3) is 0 Å². The standard InChI is InChI=1S/C24H41FN4O3/c1-3-29(22(31)14-30)18-9-10-28(13-18)17-6-4-5-16(11-17)26-24(32)21-12-19-20(25)8-7-15(2)23(19)27-21/h15-21,23,27,30H,3-14H2,1-2H3,(H,26,32)/t15?,16-,17-,18+,19?,20?,21?,23?/m1/s1. The summed E-state index contributed by atoms with van der Waals surface area (Å²) in [6.45, 7) is 6.11. The molecular formula is C24H41FN4O3. The quantitative estimate of drug-likeness (QED) is 0.568. The first kappa shape index (κ1) is 23.9. The summed E-state index contributed by atoms with van der Waals surface area (Å²) in [6, 6.07) is 0.582. The van der Waals surface area contributed by atoms with E-state index in [1.807, 2.05) is 6.92 Å². The predicted octanol–water partition coefficient (Wildman–Crippen LogP) is 1.44. The van der Waals surface area contributed by atoms with Crippen LogP contribution in [0.15, 0.2) is 0 Å². The second kappa shape index (κ2) is 10.3. The molecule has 2 saturated heterocycles. The maximum atomic E-state index is 14.4. The number of likely N-dealkylation sites (tertiary alicyclic amines) is 1. The van der Waals surface area contributed by atoms with Crippen molar-refractivity contribution in [3.05, 3.63) is 0 Å². The maximum Gasteiger partial charge on any atom is 0.248 e. The zero-order valence-electron chi connectivity index (χ0n) is 19.6. The average molecular weight is 453 g/mol. The van der Waals surface area contributed by atoms with E-state index in [4.69, 9.17) is 0 Å². The van der Waals surface area contributed by atoms with Crippen LogP contribution in [0.4, 0.5) is 4.39 Å². The Labute approximate surface area is 191 Å². The fourth-order valence-electron chi connectivity index (χ4n) is 6.81. The minimum Gasteiger partial charge on any atom is -0.387 e. The number of alkyl halides is 1. The second-order valence-corrected chi connectivity index (χ2v) is 10.5. The summed E-state index contributed by atoms with van der Waals surface area (Å²) in [5.74, 6) is 0.239. The summed E-state index contributed by atoms with van der Waals surface area (Å²) >= 11 is 0. The summed E-state index contributed by atoms with van der Waals surface area (Å²) in [7, 11) is 0. The second-order valence-electron chi connectivity index (χ2n) is 10.5. The molecule has 0 aromatic carbocycles. The Kier molecular flexibility index (Phi) is 7.73. The van der Waals surface area contributed by atoms with Gasteiger partial charge in [0.25, 0.3) is 0 Å². The van der Waals surface area contributed by atoms with Crippen molar-refractivity contribution in [1.29, 1.82) is 0 Å². The molecule has 7 nitrogen and oxygen atoms in total. The lowest BCUT2D eigenvalue weighted by Gasteiger charge is -2.36. The molecule has 4 aliphatic rings. The van der Waals surface area contributed by atoms with Gasteiger partial charge in [0.1, 0.15) is 12.8 Å². The van der Waals surface area contributed by atoms with Crippen molar-refractivity contribution in [3.8, 4) is 0 Å². The van der Waals surface area contributed by atoms with E-state index in [0.29, 0.717) is 31.3 Å². The molecule has 0 spiro atoms. The molecule has 0 bridgehead atoms. The molecule has 3 N–H and O–H groups in total. The topological polar surface area (TPSA) is 84.9 Å². The Morgan fingerprint density at radius 3 is 2.72 bits per heavy atom. The number of hydrogen-bond donors (Lipinski definition) is 3. The van der Waals surface area contributed by atoms with Crippen LogP contribution >= 0.6 is 0 Å². The molecule has 0 aromatic heterocycles. The molecule has 5 unspecified atom stereocenters. The first-order valence-corrected chi connectivity index (χ1v) is 12.8. The number of nitrogens with zero attached hydrogens (tertiary/aromatic N) is 2. The first-order chi connectivity index (χ1) is 15.4. The van der Waals surface area contributed by atoms with Gasteiger partial charge in [-0.3, -0.25) is 14.5 Å². The van der Waals surface area contributed by atoms with Gasteiger partial charge in [0.15, 0.2) is 0 Å². The largest absolute Gasteiger partial charge is 0.387 e. The lowest BCUT2D eigenvalue weighted by molar-refractivity contribution is -0.136. The van der Waals surface area contributed by atoms with Crippen molar-refractivity contribution in [1.82, 2.24) is 20.4 Å². The molecule has 4 fully saturated rings. The smallest absolute Gasteiger partial charge is 0.248 e. The van der Waals surface area contributed by atoms with Crippen molar-refractivity contribution in [2.24, 2.45) is 11.8 Å². The van der Waals surface area contributed by atoms with Gasteiger partial charge in [-0.15, -0.1) is 0 Å². The Morgan fingerprint density at radius 1 is 1.19 bits per heavy atom. The van der Waals surface area contributed by atoms with Gasteiger partial charge in [0.2, 0.25) is 11.8 Å². The van der Waals surface area contributed by atoms with Gasteiger partial charge in [-0.1, -0.05) is 6.92 Å². The summed E-state index contributed by atoms with van der Waals surface area (Å²) in [6.07, 6.45) is 6.39. The van der Waals surface area contributed by atoms with Crippen molar-refractivity contribution < 1.29 is 19.1 Å². The number of likely N-dealkylation sites (N-methyl/N-ethyl adjacent to an activating group) is 1. The van der Waals surface area contributed by atoms with E-state index in [1.165, 1.54) is 0 Å². The van der Waals surface area contributed by atoms with E-state index in [2.05, 4.69) is 22.5 Å². The van der Waals surface area contributed by atoms with Crippen LogP contribution in [-0.4, -0.2) is 89.3 Å². The zero-order valence-corrected chi connectivity index (χ0v) is 19.6. The van der Waals surface area contributed by atoms with Crippen molar-refractivity contribution >= 4 is 11.8 Å². The van der Waals surface area contributed by atoms with E-state index in [9.17, 15) is 19.1 Å². The summed E-state index contributed by atoms with van der Waals surface area (Å²) in [4.78, 5) is 29.3. The molecule has 0 aromatic rings. The fourth-order valence-corrected chi connectivity index (χ4v) is 6.81. The van der Waals surface area contributed by atoms with Crippen LogP contribution < -0.4 is 10.6 Å². The van der Waals surface area contributed by atoms with Crippen LogP contribution in [0.2, 0.25) is 0 Å². The fraction of sp³-hybridized carbons (Fsp3) is 0.917. The third-order valence-corrected chi connectivity index (χ3v) is 8.60. The maximum absolute atomic E-state index is 14.4. The number of carbonyl (C=O) groups excluding carboxylic acids is 2. The molecule has 4 rings (SSSR count). The van der Waals surface area contributed by atoms with E-state index < -0.39 is 12.8 Å². The number of nitrogens with one attached hydrogen (secondary N) is 2. The Morgan fingerprint density at radius 2 is 2.00 bits per heavy atom. The van der Waals surface area contributed by atoms with Crippen LogP contribution in [-0.2, 0) is 9.59 Å². The Hall–Kier alpha value is -1.25. The summed E-state index contributed by atoms with van der Waals surface area (Å²) < 4.78 is 14.4. The highest BCUT2D eigenvalue weighted by Gasteiger charge is 2.46. The third kappa shape index (κ3) is 4.97. The van der Waals surface area contributed by atoms with Crippen molar-refractivity contribution in [3.63, 3.8) is 0 Å². The molecule has 2 heterocycles. The lowest BCUT2D eigenvalue weighted by atomic mass is 9.77. The summed E-state index contributed by atoms with van der Waals surface area (Å²) in [5.41, 5.74) is 0. The number of halogens is 1. The number of hydrogen-bond acceptors (Lipinski definition) is 5. The van der Waals surface area contributed by atoms with Gasteiger partial charge < -0.3 is 20.6 Å². The molecule has 2 amide bonds. The molecule has 182 valence electrons. The van der Waals surface area contributed by atoms with Gasteiger partial charge in [-0.05, 0) is 64.2 Å². The minimum atomic E-state index is -0.788. The van der Waals surface area contributed by atoms with Gasteiger partial charge in [-0.2, -0.15) is 0 Å². The number of carbonyl (C=O) groups is 2. The molecular weight excluding hydrogens is 411 g/mol. The summed E-state index contributed by atoms with van der Waals surface area (Å²) in [5, 5.41) is 16.0. The Balaban J connectivity index is 1.28. The van der Waals surface area contributed by atoms with Gasteiger partial charge in [0, 0.05) is 49.7 Å². The van der Waals surface area contributed by atoms with Gasteiger partial charge in [-0.25, -0.2) is 4.39 Å². The number of rotatable bonds is 6. The van der Waals surface area contributed by atoms with Crippen LogP contribution in [0, 0.1) is 11.8 Å². The Bertz CT molecular complexity index is 662. The molecule has 0 radical (unpaired) electrons. The third-order valence-electron chi connectivity index (χ3n) is 8.60. The van der Waals surface area contributed by atoms with Crippen LogP contribution in [0.1, 0.15) is 65.2 Å². The first-order valence-electron chi connectivity index (χ1n) is 12.8. The van der Waals surface area contributed by atoms with E-state index in [-0.39, 0.29) is 41.9 Å². The molecule has 2 aliphatic carbocycles. The highest BCUT2D eigenvalue weighted by Crippen LogP contribution is 2.38. The highest BCUT2D eigenvalue weighted by molar-refractivity contribution is 5.82. The predicted molar refractivity (Wildman–Crippen MR) is 121 cm³/mol. The van der Waals surface area contributed by atoms with Crippen molar-refractivity contribution in [2.45, 2.75) is 102 Å². The van der Waals surface area contributed by atoms with E-state index in [0.717, 1.165) is 51.6 Å². The monoisotopic (exact) mass is 452 g/mol. The normalized spacial score (nSPS) is 40.1. The average Bonchev–Trinajstić information content (AvgIpc) is 3.46. The minimum absolute atomic E-state index is 0.0294.